The van der Waals surface area contributed by atoms with Crippen LogP contribution in [0.2, 0.25) is 5.02 Å². The minimum Gasteiger partial charge on any atom is -0.496 e. The predicted octanol–water partition coefficient (Wildman–Crippen LogP) is 5.62. The summed E-state index contributed by atoms with van der Waals surface area (Å²) in [5.74, 6) is 1.32. The number of benzene rings is 2. The molecule has 2 aromatic rings. The number of ketones is 1. The third-order valence-electron chi connectivity index (χ3n) is 5.55. The van der Waals surface area contributed by atoms with Crippen molar-refractivity contribution in [1.82, 2.24) is 5.32 Å². The molecule has 1 aliphatic rings. The van der Waals surface area contributed by atoms with Crippen LogP contribution in [-0.2, 0) is 22.6 Å². The summed E-state index contributed by atoms with van der Waals surface area (Å²) in [6, 6.07) is 10.5. The lowest BCUT2D eigenvalue weighted by molar-refractivity contribution is -0.116. The highest BCUT2D eigenvalue weighted by atomic mass is 35.5. The molecule has 0 heterocycles. The highest BCUT2D eigenvalue weighted by Gasteiger charge is 2.11. The van der Waals surface area contributed by atoms with Crippen LogP contribution in [0.5, 0.6) is 5.75 Å². The summed E-state index contributed by atoms with van der Waals surface area (Å²) in [5, 5.41) is 10.4. The molecule has 1 saturated carbocycles. The van der Waals surface area contributed by atoms with Crippen LogP contribution < -0.4 is 21.1 Å². The summed E-state index contributed by atoms with van der Waals surface area (Å²) in [7, 11) is 6.26. The van der Waals surface area contributed by atoms with Gasteiger partial charge in [-0.2, -0.15) is 0 Å². The van der Waals surface area contributed by atoms with Gasteiger partial charge in [0.15, 0.2) is 0 Å². The number of methoxy groups -OCH3 is 1. The minimum absolute atomic E-state index is 0.0591. The molecule has 0 radical (unpaired) electrons. The first-order valence-electron chi connectivity index (χ1n) is 12.4. The number of halogens is 2. The predicted molar refractivity (Wildman–Crippen MR) is 156 cm³/mol. The summed E-state index contributed by atoms with van der Waals surface area (Å²) in [6.07, 6.45) is 10.8. The van der Waals surface area contributed by atoms with Crippen LogP contribution in [0.1, 0.15) is 63.0 Å². The first kappa shape index (κ1) is 34.7. The lowest BCUT2D eigenvalue weighted by Crippen LogP contribution is -2.07. The van der Waals surface area contributed by atoms with Gasteiger partial charge in [-0.15, -0.1) is 9.24 Å². The molecule has 206 valence electrons. The van der Waals surface area contributed by atoms with E-state index in [0.29, 0.717) is 10.6 Å². The van der Waals surface area contributed by atoms with E-state index in [4.69, 9.17) is 21.7 Å². The average Bonchev–Trinajstić information content (AvgIpc) is 2.87. The Kier molecular flexibility index (Phi) is 20.3. The van der Waals surface area contributed by atoms with Crippen molar-refractivity contribution < 1.29 is 18.7 Å². The van der Waals surface area contributed by atoms with Crippen molar-refractivity contribution in [2.24, 2.45) is 11.7 Å². The Morgan fingerprint density at radius 2 is 1.89 bits per heavy atom. The fourth-order valence-corrected chi connectivity index (χ4v) is 4.24. The maximum Gasteiger partial charge on any atom is 0.134 e. The minimum atomic E-state index is -0.419. The van der Waals surface area contributed by atoms with Crippen molar-refractivity contribution in [3.8, 4) is 5.75 Å². The van der Waals surface area contributed by atoms with Gasteiger partial charge in [0.05, 0.1) is 13.4 Å². The Morgan fingerprint density at radius 3 is 2.41 bits per heavy atom. The van der Waals surface area contributed by atoms with Gasteiger partial charge in [0.1, 0.15) is 23.6 Å². The quantitative estimate of drug-likeness (QED) is 0.170. The summed E-state index contributed by atoms with van der Waals surface area (Å²) in [4.78, 5) is 20.7. The van der Waals surface area contributed by atoms with Gasteiger partial charge in [0, 0.05) is 29.7 Å². The standard InChI is InChI=1S/C9H8ClFO.C9H14NOP.C9H16O.CH4N2/c1-6(12)4-7-2-3-8(10)5-9(7)11;1-10-6-7-3-4-9(12)8(5-7)11-2;10-8-4-7-9-5-2-1-3-6-9;2-1-3/h2-3,5H,4H2,1H3;3-5,10H,6,12H2,1-2H3;8-9H,1-7H2;1H,(H3,2,3). The molecule has 1 fully saturated rings. The normalized spacial score (nSPS) is 12.4. The number of rotatable bonds is 8. The van der Waals surface area contributed by atoms with E-state index in [1.54, 1.807) is 13.2 Å². The fourth-order valence-electron chi connectivity index (χ4n) is 3.78. The lowest BCUT2D eigenvalue weighted by Gasteiger charge is -2.19. The number of nitrogens with two attached hydrogens (primary N) is 1. The molecule has 0 amide bonds. The van der Waals surface area contributed by atoms with E-state index in [1.165, 1.54) is 56.7 Å². The molecule has 0 aliphatic heterocycles. The molecule has 4 N–H and O–H groups in total. The molecule has 0 saturated heterocycles. The second-order valence-corrected chi connectivity index (χ2v) is 9.69. The van der Waals surface area contributed by atoms with Gasteiger partial charge in [0.2, 0.25) is 0 Å². The molecule has 37 heavy (non-hydrogen) atoms. The van der Waals surface area contributed by atoms with Crippen molar-refractivity contribution in [2.75, 3.05) is 14.2 Å². The first-order chi connectivity index (χ1) is 17.7. The summed E-state index contributed by atoms with van der Waals surface area (Å²) >= 11 is 5.53. The average molecular weight is 554 g/mol. The number of carbonyl (C=O) groups is 2. The Hall–Kier alpha value is -2.34. The lowest BCUT2D eigenvalue weighted by atomic mass is 9.86. The van der Waals surface area contributed by atoms with Crippen molar-refractivity contribution in [2.45, 2.75) is 64.8 Å². The molecule has 1 aliphatic carbocycles. The van der Waals surface area contributed by atoms with Crippen molar-refractivity contribution in [1.29, 1.82) is 5.41 Å². The van der Waals surface area contributed by atoms with Crippen LogP contribution in [0.15, 0.2) is 36.4 Å². The fraction of sp³-hybridized carbons (Fsp3) is 0.464. The molecular formula is C28H42ClFN3O3P. The van der Waals surface area contributed by atoms with Gasteiger partial charge in [-0.25, -0.2) is 4.39 Å². The van der Waals surface area contributed by atoms with Crippen molar-refractivity contribution in [3.05, 3.63) is 58.4 Å². The maximum absolute atomic E-state index is 13.0. The highest BCUT2D eigenvalue weighted by molar-refractivity contribution is 7.27. The summed E-state index contributed by atoms with van der Waals surface area (Å²) < 4.78 is 18.2. The van der Waals surface area contributed by atoms with Crippen molar-refractivity contribution >= 4 is 44.6 Å². The van der Waals surface area contributed by atoms with Gasteiger partial charge in [-0.3, -0.25) is 10.2 Å². The van der Waals surface area contributed by atoms with Crippen LogP contribution >= 0.6 is 20.8 Å². The van der Waals surface area contributed by atoms with Crippen LogP contribution in [0.4, 0.5) is 4.39 Å². The third kappa shape index (κ3) is 16.9. The zero-order chi connectivity index (χ0) is 28.1. The molecule has 1 atom stereocenters. The number of Topliss-reactive ketones (excluding diaryl/α,β-unsaturated/α-hetero) is 1. The maximum atomic E-state index is 13.0. The number of nitrogens with one attached hydrogen (secondary N) is 2. The molecule has 6 nitrogen and oxygen atoms in total. The zero-order valence-electron chi connectivity index (χ0n) is 22.2. The smallest absolute Gasteiger partial charge is 0.134 e. The third-order valence-corrected chi connectivity index (χ3v) is 6.26. The Balaban J connectivity index is 0.000000500. The number of aldehydes is 1. The van der Waals surface area contributed by atoms with Crippen LogP contribution in [0.3, 0.4) is 0 Å². The zero-order valence-corrected chi connectivity index (χ0v) is 24.1. The Bertz CT molecular complexity index is 941. The Labute approximate surface area is 228 Å². The Morgan fingerprint density at radius 1 is 1.24 bits per heavy atom. The second kappa shape index (κ2) is 21.7. The molecule has 0 aromatic heterocycles. The van der Waals surface area contributed by atoms with Gasteiger partial charge in [-0.05, 0) is 55.6 Å². The SMILES string of the molecule is CC(=O)Cc1ccc(Cl)cc1F.CNCc1ccc(P)c(OC)c1.N=CN.O=CCCC1CCCCC1. The first-order valence-corrected chi connectivity index (χ1v) is 13.3. The number of hydrogen-bond donors (Lipinski definition) is 3. The van der Waals surface area contributed by atoms with Gasteiger partial charge in [0.25, 0.3) is 0 Å². The van der Waals surface area contributed by atoms with Gasteiger partial charge >= 0.3 is 0 Å². The number of carbonyl (C=O) groups excluding carboxylic acids is 2. The molecular weight excluding hydrogens is 512 g/mol. The van der Waals surface area contributed by atoms with E-state index in [-0.39, 0.29) is 12.2 Å². The van der Waals surface area contributed by atoms with E-state index >= 15 is 0 Å². The summed E-state index contributed by atoms with van der Waals surface area (Å²) in [6.45, 7) is 2.30. The van der Waals surface area contributed by atoms with Crippen LogP contribution in [-0.4, -0.2) is 32.6 Å². The van der Waals surface area contributed by atoms with E-state index in [1.807, 2.05) is 19.2 Å². The molecule has 3 rings (SSSR count). The topological polar surface area (TPSA) is 105 Å². The van der Waals surface area contributed by atoms with E-state index < -0.39 is 5.82 Å². The monoisotopic (exact) mass is 553 g/mol. The number of hydrogen-bond acceptors (Lipinski definition) is 5. The van der Waals surface area contributed by atoms with E-state index in [9.17, 15) is 14.0 Å². The van der Waals surface area contributed by atoms with Crippen molar-refractivity contribution in [3.63, 3.8) is 0 Å². The van der Waals surface area contributed by atoms with Gasteiger partial charge < -0.3 is 20.6 Å². The molecule has 0 spiro atoms. The van der Waals surface area contributed by atoms with Gasteiger partial charge in [-0.1, -0.05) is 61.9 Å². The van der Waals surface area contributed by atoms with E-state index in [2.05, 4.69) is 26.4 Å². The van der Waals surface area contributed by atoms with Crippen LogP contribution in [0.25, 0.3) is 0 Å². The molecule has 2 aromatic carbocycles. The number of ether oxygens (including phenoxy) is 1. The van der Waals surface area contributed by atoms with E-state index in [0.717, 1.165) is 49.0 Å². The molecule has 0 bridgehead atoms. The van der Waals surface area contributed by atoms with Crippen LogP contribution in [0, 0.1) is 17.1 Å². The highest BCUT2D eigenvalue weighted by Crippen LogP contribution is 2.26. The largest absolute Gasteiger partial charge is 0.496 e. The molecule has 1 unspecified atom stereocenters. The molecule has 9 heteroatoms. The summed E-state index contributed by atoms with van der Waals surface area (Å²) in [5.41, 5.74) is 6.02. The second-order valence-electron chi connectivity index (χ2n) is 8.64.